The Morgan fingerprint density at radius 1 is 1.19 bits per heavy atom. The molecule has 2 aromatic heterocycles. The summed E-state index contributed by atoms with van der Waals surface area (Å²) < 4.78 is 0. The van der Waals surface area contributed by atoms with Gasteiger partial charge in [0.05, 0.1) is 5.69 Å². The average Bonchev–Trinajstić information content (AvgIpc) is 3.19. The van der Waals surface area contributed by atoms with Gasteiger partial charge in [0.1, 0.15) is 0 Å². The maximum atomic E-state index is 12.3. The lowest BCUT2D eigenvalue weighted by molar-refractivity contribution is 0.726. The van der Waals surface area contributed by atoms with Gasteiger partial charge in [-0.2, -0.15) is 16.8 Å². The number of H-pyrrole nitrogens is 1. The summed E-state index contributed by atoms with van der Waals surface area (Å²) in [6, 6.07) is 10.4. The summed E-state index contributed by atoms with van der Waals surface area (Å²) in [5.41, 5.74) is 13.6. The van der Waals surface area contributed by atoms with E-state index in [2.05, 4.69) is 49.5 Å². The minimum absolute atomic E-state index is 0.0115. The average molecular weight is 458 g/mol. The Balaban J connectivity index is 1.34. The molecule has 2 heterocycles. The zero-order valence-electron chi connectivity index (χ0n) is 17.2. The van der Waals surface area contributed by atoms with E-state index in [1.54, 1.807) is 18.0 Å². The Morgan fingerprint density at radius 2 is 2.00 bits per heavy atom. The van der Waals surface area contributed by atoms with Crippen LogP contribution in [0.2, 0.25) is 0 Å². The lowest BCUT2D eigenvalue weighted by Gasteiger charge is -2.06. The van der Waals surface area contributed by atoms with Gasteiger partial charge in [0.2, 0.25) is 11.1 Å². The van der Waals surface area contributed by atoms with E-state index in [0.29, 0.717) is 17.6 Å². The first-order valence-corrected chi connectivity index (χ1v) is 12.1. The zero-order valence-corrected chi connectivity index (χ0v) is 18.8. The van der Waals surface area contributed by atoms with E-state index >= 15 is 0 Å². The number of hydrogen-bond donors (Lipinski definition) is 4. The first-order valence-electron chi connectivity index (χ1n) is 10.1. The number of nitrogens with zero attached hydrogens (tertiary/aromatic N) is 3. The number of thiazole rings is 1. The van der Waals surface area contributed by atoms with Gasteiger partial charge in [-0.25, -0.2) is 9.97 Å². The van der Waals surface area contributed by atoms with Crippen molar-refractivity contribution in [1.82, 2.24) is 15.0 Å². The predicted octanol–water partition coefficient (Wildman–Crippen LogP) is 3.04. The molecule has 0 aliphatic carbocycles. The van der Waals surface area contributed by atoms with Crippen LogP contribution < -0.4 is 22.3 Å². The quantitative estimate of drug-likeness (QED) is 0.186. The molecular weight excluding hydrogens is 430 g/mol. The molecule has 8 nitrogen and oxygen atoms in total. The van der Waals surface area contributed by atoms with E-state index in [1.165, 1.54) is 16.9 Å². The summed E-state index contributed by atoms with van der Waals surface area (Å²) >= 11 is 3.14. The first kappa shape index (κ1) is 22.8. The van der Waals surface area contributed by atoms with Crippen molar-refractivity contribution in [3.8, 4) is 0 Å². The van der Waals surface area contributed by atoms with Crippen molar-refractivity contribution in [3.05, 3.63) is 69.1 Å². The smallest absolute Gasteiger partial charge is 0.255 e. The van der Waals surface area contributed by atoms with Crippen LogP contribution in [-0.4, -0.2) is 33.2 Å². The van der Waals surface area contributed by atoms with Crippen LogP contribution in [0.5, 0.6) is 0 Å². The molecule has 164 valence electrons. The summed E-state index contributed by atoms with van der Waals surface area (Å²) in [4.78, 5) is 27.7. The van der Waals surface area contributed by atoms with Crippen LogP contribution in [0.15, 0.2) is 51.7 Å². The molecule has 0 bridgehead atoms. The number of hydrogen-bond acceptors (Lipinski definition) is 7. The summed E-state index contributed by atoms with van der Waals surface area (Å²) in [6.07, 6.45) is 5.45. The number of aromatic nitrogens is 3. The van der Waals surface area contributed by atoms with E-state index in [1.807, 2.05) is 11.4 Å². The van der Waals surface area contributed by atoms with Gasteiger partial charge in [0.15, 0.2) is 5.96 Å². The second-order valence-corrected chi connectivity index (χ2v) is 8.86. The van der Waals surface area contributed by atoms with E-state index < -0.39 is 0 Å². The summed E-state index contributed by atoms with van der Waals surface area (Å²) in [5.74, 6) is 2.13. The number of aliphatic imine (C=N–C) groups is 1. The molecule has 31 heavy (non-hydrogen) atoms. The molecule has 6 N–H and O–H groups in total. The standard InChI is InChI=1S/C21H27N7OS2/c22-19(23)28-21-26-17(14-31-21)13-30-11-10-24-20-25-12-16(18(29)27-20)9-5-4-8-15-6-2-1-3-7-15/h1-3,6-7,12,14H,4-5,8-11,13H2,(H4,22,23,26,28)(H2,24,25,27,29). The highest BCUT2D eigenvalue weighted by atomic mass is 32.2. The lowest BCUT2D eigenvalue weighted by atomic mass is 10.1. The number of aryl methyl sites for hydroxylation is 2. The van der Waals surface area contributed by atoms with Crippen LogP contribution in [0.3, 0.4) is 0 Å². The number of thioether (sulfide) groups is 1. The number of nitrogens with two attached hydrogens (primary N) is 2. The monoisotopic (exact) mass is 457 g/mol. The summed E-state index contributed by atoms with van der Waals surface area (Å²) in [7, 11) is 0. The molecule has 3 aromatic rings. The van der Waals surface area contributed by atoms with E-state index in [9.17, 15) is 4.79 Å². The van der Waals surface area contributed by atoms with Crippen molar-refractivity contribution in [1.29, 1.82) is 0 Å². The largest absolute Gasteiger partial charge is 0.370 e. The van der Waals surface area contributed by atoms with Crippen LogP contribution in [0.1, 0.15) is 29.7 Å². The highest BCUT2D eigenvalue weighted by molar-refractivity contribution is 7.98. The van der Waals surface area contributed by atoms with Crippen LogP contribution in [0.25, 0.3) is 0 Å². The Bertz CT molecular complexity index is 1030. The van der Waals surface area contributed by atoms with Crippen molar-refractivity contribution in [2.24, 2.45) is 16.5 Å². The molecule has 0 saturated heterocycles. The molecule has 0 radical (unpaired) electrons. The molecule has 3 rings (SSSR count). The minimum atomic E-state index is -0.0698. The van der Waals surface area contributed by atoms with Gasteiger partial charge >= 0.3 is 0 Å². The van der Waals surface area contributed by atoms with Gasteiger partial charge in [0, 0.05) is 35.2 Å². The third-order valence-electron chi connectivity index (χ3n) is 4.43. The van der Waals surface area contributed by atoms with Gasteiger partial charge in [-0.3, -0.25) is 9.78 Å². The molecule has 0 saturated carbocycles. The number of rotatable bonds is 12. The Hall–Kier alpha value is -2.85. The molecule has 0 unspecified atom stereocenters. The van der Waals surface area contributed by atoms with E-state index in [0.717, 1.165) is 48.4 Å². The molecule has 0 atom stereocenters. The first-order chi connectivity index (χ1) is 15.1. The Kier molecular flexibility index (Phi) is 8.92. The van der Waals surface area contributed by atoms with Crippen molar-refractivity contribution in [2.75, 3.05) is 17.6 Å². The van der Waals surface area contributed by atoms with Gasteiger partial charge in [-0.1, -0.05) is 30.3 Å². The molecule has 0 fully saturated rings. The number of aromatic amines is 1. The molecule has 0 spiro atoms. The number of benzene rings is 1. The number of unbranched alkanes of at least 4 members (excludes halogenated alkanes) is 1. The fourth-order valence-corrected chi connectivity index (χ4v) is 4.48. The molecule has 1 aromatic carbocycles. The SMILES string of the molecule is NC(N)=Nc1nc(CSCCNc2ncc(CCCCc3ccccc3)c(=O)[nH]2)cs1. The van der Waals surface area contributed by atoms with Crippen molar-refractivity contribution in [2.45, 2.75) is 31.4 Å². The van der Waals surface area contributed by atoms with Crippen molar-refractivity contribution in [3.63, 3.8) is 0 Å². The third-order valence-corrected chi connectivity index (χ3v) is 6.21. The maximum Gasteiger partial charge on any atom is 0.255 e. The molecule has 10 heteroatoms. The fourth-order valence-electron chi connectivity index (χ4n) is 2.92. The van der Waals surface area contributed by atoms with Gasteiger partial charge in [-0.15, -0.1) is 11.3 Å². The van der Waals surface area contributed by atoms with Crippen LogP contribution in [0, 0.1) is 0 Å². The summed E-state index contributed by atoms with van der Waals surface area (Å²) in [5, 5.41) is 5.67. The normalized spacial score (nSPS) is 10.7. The number of guanidine groups is 1. The maximum absolute atomic E-state index is 12.3. The highest BCUT2D eigenvalue weighted by Gasteiger charge is 2.04. The third kappa shape index (κ3) is 8.06. The fraction of sp³-hybridized carbons (Fsp3) is 0.333. The van der Waals surface area contributed by atoms with Crippen LogP contribution >= 0.6 is 23.1 Å². The molecular formula is C21H27N7OS2. The minimum Gasteiger partial charge on any atom is -0.370 e. The predicted molar refractivity (Wildman–Crippen MR) is 130 cm³/mol. The molecule has 0 aliphatic heterocycles. The summed E-state index contributed by atoms with van der Waals surface area (Å²) in [6.45, 7) is 0.689. The van der Waals surface area contributed by atoms with Gasteiger partial charge in [-0.05, 0) is 31.2 Å². The Morgan fingerprint density at radius 3 is 2.77 bits per heavy atom. The van der Waals surface area contributed by atoms with Crippen LogP contribution in [-0.2, 0) is 18.6 Å². The van der Waals surface area contributed by atoms with Crippen molar-refractivity contribution >= 4 is 40.1 Å². The second kappa shape index (κ2) is 12.1. The van der Waals surface area contributed by atoms with E-state index in [4.69, 9.17) is 11.5 Å². The number of nitrogens with one attached hydrogen (secondary N) is 2. The number of anilines is 1. The molecule has 0 aliphatic rings. The van der Waals surface area contributed by atoms with Crippen molar-refractivity contribution < 1.29 is 0 Å². The lowest BCUT2D eigenvalue weighted by Crippen LogP contribution is -2.21. The van der Waals surface area contributed by atoms with Crippen LogP contribution in [0.4, 0.5) is 11.1 Å². The molecule has 0 amide bonds. The highest BCUT2D eigenvalue weighted by Crippen LogP contribution is 2.21. The van der Waals surface area contributed by atoms with Gasteiger partial charge in [0.25, 0.3) is 5.56 Å². The topological polar surface area (TPSA) is 135 Å². The van der Waals surface area contributed by atoms with Gasteiger partial charge < -0.3 is 16.8 Å². The second-order valence-electron chi connectivity index (χ2n) is 6.92. The Labute approximate surface area is 189 Å². The zero-order chi connectivity index (χ0) is 21.9. The van der Waals surface area contributed by atoms with E-state index in [-0.39, 0.29) is 11.5 Å².